The number of hydrogen-bond donors (Lipinski definition) is 1. The molecule has 0 radical (unpaired) electrons. The standard InChI is InChI=1S/C16H19ClN2S/c1-16(2,3)19-11-12-5-4-10-18-15(12)20-14-8-6-13(17)7-9-14/h4-10,19H,11H2,1-3H3. The molecule has 1 N–H and O–H groups in total. The molecule has 106 valence electrons. The van der Waals surface area contributed by atoms with E-state index in [9.17, 15) is 0 Å². The third-order valence-electron chi connectivity index (χ3n) is 2.69. The summed E-state index contributed by atoms with van der Waals surface area (Å²) in [6.45, 7) is 7.30. The van der Waals surface area contributed by atoms with Crippen LogP contribution in [0, 0.1) is 0 Å². The summed E-state index contributed by atoms with van der Waals surface area (Å²) in [7, 11) is 0. The Morgan fingerprint density at radius 3 is 2.50 bits per heavy atom. The van der Waals surface area contributed by atoms with Crippen LogP contribution in [0.2, 0.25) is 5.02 Å². The number of nitrogens with one attached hydrogen (secondary N) is 1. The highest BCUT2D eigenvalue weighted by molar-refractivity contribution is 7.99. The van der Waals surface area contributed by atoms with Crippen LogP contribution in [0.5, 0.6) is 0 Å². The molecular formula is C16H19ClN2S. The molecule has 0 unspecified atom stereocenters. The summed E-state index contributed by atoms with van der Waals surface area (Å²) < 4.78 is 0. The van der Waals surface area contributed by atoms with Gasteiger partial charge in [-0.1, -0.05) is 29.4 Å². The fourth-order valence-electron chi connectivity index (χ4n) is 1.63. The van der Waals surface area contributed by atoms with Gasteiger partial charge in [-0.15, -0.1) is 0 Å². The molecule has 0 aliphatic carbocycles. The maximum atomic E-state index is 5.91. The fourth-order valence-corrected chi connectivity index (χ4v) is 2.63. The Morgan fingerprint density at radius 1 is 1.15 bits per heavy atom. The van der Waals surface area contributed by atoms with Gasteiger partial charge in [0.1, 0.15) is 5.03 Å². The molecule has 2 rings (SSSR count). The highest BCUT2D eigenvalue weighted by Gasteiger charge is 2.11. The predicted molar refractivity (Wildman–Crippen MR) is 86.4 cm³/mol. The second-order valence-corrected chi connectivity index (χ2v) is 7.13. The highest BCUT2D eigenvalue weighted by atomic mass is 35.5. The van der Waals surface area contributed by atoms with E-state index in [1.54, 1.807) is 11.8 Å². The van der Waals surface area contributed by atoms with Crippen LogP contribution in [-0.4, -0.2) is 10.5 Å². The molecule has 0 bridgehead atoms. The van der Waals surface area contributed by atoms with Crippen LogP contribution < -0.4 is 5.32 Å². The summed E-state index contributed by atoms with van der Waals surface area (Å²) in [5, 5.41) is 5.29. The molecule has 2 nitrogen and oxygen atoms in total. The van der Waals surface area contributed by atoms with Crippen molar-refractivity contribution in [1.29, 1.82) is 0 Å². The van der Waals surface area contributed by atoms with Crippen LogP contribution >= 0.6 is 23.4 Å². The molecule has 1 heterocycles. The molecule has 0 aliphatic rings. The third-order valence-corrected chi connectivity index (χ3v) is 4.01. The van der Waals surface area contributed by atoms with E-state index in [4.69, 9.17) is 11.6 Å². The van der Waals surface area contributed by atoms with Crippen molar-refractivity contribution < 1.29 is 0 Å². The first-order valence-electron chi connectivity index (χ1n) is 6.56. The summed E-state index contributed by atoms with van der Waals surface area (Å²) in [5.41, 5.74) is 1.31. The summed E-state index contributed by atoms with van der Waals surface area (Å²) in [5.74, 6) is 0. The number of benzene rings is 1. The van der Waals surface area contributed by atoms with E-state index in [0.29, 0.717) is 0 Å². The zero-order valence-electron chi connectivity index (χ0n) is 12.0. The first-order valence-corrected chi connectivity index (χ1v) is 7.76. The van der Waals surface area contributed by atoms with Gasteiger partial charge in [-0.3, -0.25) is 0 Å². The first kappa shape index (κ1) is 15.4. The van der Waals surface area contributed by atoms with Gasteiger partial charge in [-0.2, -0.15) is 0 Å². The van der Waals surface area contributed by atoms with Crippen LogP contribution in [0.15, 0.2) is 52.5 Å². The van der Waals surface area contributed by atoms with Gasteiger partial charge in [0.25, 0.3) is 0 Å². The molecule has 20 heavy (non-hydrogen) atoms. The van der Waals surface area contributed by atoms with Crippen LogP contribution in [0.25, 0.3) is 0 Å². The molecule has 4 heteroatoms. The van der Waals surface area contributed by atoms with Gasteiger partial charge in [0.15, 0.2) is 0 Å². The van der Waals surface area contributed by atoms with Crippen molar-refractivity contribution in [1.82, 2.24) is 10.3 Å². The molecule has 0 atom stereocenters. The number of halogens is 1. The Labute approximate surface area is 130 Å². The van der Waals surface area contributed by atoms with E-state index in [-0.39, 0.29) is 5.54 Å². The quantitative estimate of drug-likeness (QED) is 0.880. The SMILES string of the molecule is CC(C)(C)NCc1cccnc1Sc1ccc(Cl)cc1. The molecule has 2 aromatic rings. The van der Waals surface area contributed by atoms with Crippen molar-refractivity contribution in [2.75, 3.05) is 0 Å². The molecule has 0 fully saturated rings. The molecule has 0 saturated carbocycles. The van der Waals surface area contributed by atoms with Crippen molar-refractivity contribution >= 4 is 23.4 Å². The van der Waals surface area contributed by atoms with Crippen LogP contribution in [-0.2, 0) is 6.54 Å². The Morgan fingerprint density at radius 2 is 1.85 bits per heavy atom. The van der Waals surface area contributed by atoms with Gasteiger partial charge in [0, 0.05) is 28.2 Å². The van der Waals surface area contributed by atoms with E-state index >= 15 is 0 Å². The minimum absolute atomic E-state index is 0.0953. The van der Waals surface area contributed by atoms with Crippen molar-refractivity contribution in [3.8, 4) is 0 Å². The number of nitrogens with zero attached hydrogens (tertiary/aromatic N) is 1. The second kappa shape index (κ2) is 6.61. The number of rotatable bonds is 4. The van der Waals surface area contributed by atoms with E-state index < -0.39 is 0 Å². The van der Waals surface area contributed by atoms with E-state index in [1.807, 2.05) is 36.5 Å². The van der Waals surface area contributed by atoms with Gasteiger partial charge in [0.2, 0.25) is 0 Å². The normalized spacial score (nSPS) is 11.6. The fraction of sp³-hybridized carbons (Fsp3) is 0.312. The molecule has 1 aromatic heterocycles. The maximum absolute atomic E-state index is 5.91. The Balaban J connectivity index is 2.13. The van der Waals surface area contributed by atoms with Crippen molar-refractivity contribution in [2.45, 2.75) is 42.8 Å². The van der Waals surface area contributed by atoms with Crippen LogP contribution in [0.3, 0.4) is 0 Å². The average molecular weight is 307 g/mol. The number of aromatic nitrogens is 1. The topological polar surface area (TPSA) is 24.9 Å². The van der Waals surface area contributed by atoms with Crippen molar-refractivity contribution in [2.24, 2.45) is 0 Å². The third kappa shape index (κ3) is 4.82. The smallest absolute Gasteiger partial charge is 0.105 e. The van der Waals surface area contributed by atoms with Gasteiger partial charge >= 0.3 is 0 Å². The van der Waals surface area contributed by atoms with Crippen LogP contribution in [0.1, 0.15) is 26.3 Å². The first-order chi connectivity index (χ1) is 9.44. The average Bonchev–Trinajstić information content (AvgIpc) is 2.39. The zero-order valence-corrected chi connectivity index (χ0v) is 13.6. The largest absolute Gasteiger partial charge is 0.308 e. The lowest BCUT2D eigenvalue weighted by Gasteiger charge is -2.21. The predicted octanol–water partition coefficient (Wildman–Crippen LogP) is 4.77. The molecule has 0 amide bonds. The minimum Gasteiger partial charge on any atom is -0.308 e. The molecule has 0 spiro atoms. The van der Waals surface area contributed by atoms with E-state index in [2.05, 4.69) is 37.1 Å². The van der Waals surface area contributed by atoms with Gasteiger partial charge < -0.3 is 5.32 Å². The monoisotopic (exact) mass is 306 g/mol. The second-order valence-electron chi connectivity index (χ2n) is 5.63. The highest BCUT2D eigenvalue weighted by Crippen LogP contribution is 2.29. The van der Waals surface area contributed by atoms with Crippen molar-refractivity contribution in [3.05, 3.63) is 53.2 Å². The van der Waals surface area contributed by atoms with Gasteiger partial charge in [0.05, 0.1) is 0 Å². The minimum atomic E-state index is 0.0953. The van der Waals surface area contributed by atoms with E-state index in [0.717, 1.165) is 21.5 Å². The molecule has 1 aromatic carbocycles. The summed E-state index contributed by atoms with van der Waals surface area (Å²) >= 11 is 7.57. The Hall–Kier alpha value is -1.03. The summed E-state index contributed by atoms with van der Waals surface area (Å²) in [6.07, 6.45) is 1.83. The number of hydrogen-bond acceptors (Lipinski definition) is 3. The van der Waals surface area contributed by atoms with E-state index in [1.165, 1.54) is 5.56 Å². The lowest BCUT2D eigenvalue weighted by atomic mass is 10.1. The Kier molecular flexibility index (Phi) is 5.08. The summed E-state index contributed by atoms with van der Waals surface area (Å²) in [4.78, 5) is 5.63. The lowest BCUT2D eigenvalue weighted by Crippen LogP contribution is -2.35. The maximum Gasteiger partial charge on any atom is 0.105 e. The summed E-state index contributed by atoms with van der Waals surface area (Å²) in [6, 6.07) is 11.9. The van der Waals surface area contributed by atoms with Crippen LogP contribution in [0.4, 0.5) is 0 Å². The molecular weight excluding hydrogens is 288 g/mol. The van der Waals surface area contributed by atoms with Crippen molar-refractivity contribution in [3.63, 3.8) is 0 Å². The molecule has 0 aliphatic heterocycles. The van der Waals surface area contributed by atoms with Gasteiger partial charge in [-0.25, -0.2) is 4.98 Å². The van der Waals surface area contributed by atoms with Gasteiger partial charge in [-0.05, 0) is 56.7 Å². The lowest BCUT2D eigenvalue weighted by molar-refractivity contribution is 0.422. The molecule has 0 saturated heterocycles. The zero-order chi connectivity index (χ0) is 14.6. The Bertz CT molecular complexity index is 561. The number of pyridine rings is 1.